The van der Waals surface area contributed by atoms with E-state index in [1.54, 1.807) is 25.1 Å². The minimum atomic E-state index is -1.11. The molecule has 2 aromatic carbocycles. The molecule has 0 saturated heterocycles. The second kappa shape index (κ2) is 5.84. The second-order valence-corrected chi connectivity index (χ2v) is 7.13. The summed E-state index contributed by atoms with van der Waals surface area (Å²) in [6.45, 7) is 1.75. The third-order valence-corrected chi connectivity index (χ3v) is 5.16. The third kappa shape index (κ3) is 2.89. The number of hydrogen-bond acceptors (Lipinski definition) is 3. The van der Waals surface area contributed by atoms with Gasteiger partial charge < -0.3 is 5.32 Å². The Bertz CT molecular complexity index is 981. The monoisotopic (exact) mass is 362 g/mol. The number of benzene rings is 2. The molecule has 1 aliphatic carbocycles. The number of carbonyl (C=O) groups is 1. The van der Waals surface area contributed by atoms with Gasteiger partial charge in [0.1, 0.15) is 17.5 Å². The number of rotatable bonds is 3. The van der Waals surface area contributed by atoms with Gasteiger partial charge in [-0.3, -0.25) is 4.79 Å². The minimum absolute atomic E-state index is 0.102. The smallest absolute Gasteiger partial charge is 0.232 e. The summed E-state index contributed by atoms with van der Waals surface area (Å²) in [5, 5.41) is 2.73. The fraction of sp³-hybridized carbons (Fsp3) is 0.222. The number of nitrogens with one attached hydrogen (secondary N) is 1. The summed E-state index contributed by atoms with van der Waals surface area (Å²) in [5.41, 5.74) is 1.54. The van der Waals surface area contributed by atoms with Crippen LogP contribution in [0.2, 0.25) is 0 Å². The van der Waals surface area contributed by atoms with Crippen LogP contribution in [0.25, 0.3) is 21.3 Å². The molecule has 1 heterocycles. The number of alkyl halides is 1. The number of fused-ring (bicyclic) bond motifs is 1. The maximum atomic E-state index is 14.4. The van der Waals surface area contributed by atoms with E-state index in [2.05, 4.69) is 10.3 Å². The van der Waals surface area contributed by atoms with Crippen molar-refractivity contribution >= 4 is 32.6 Å². The third-order valence-electron chi connectivity index (χ3n) is 4.24. The van der Waals surface area contributed by atoms with Crippen molar-refractivity contribution in [3.63, 3.8) is 0 Å². The minimum Gasteiger partial charge on any atom is -0.302 e. The van der Waals surface area contributed by atoms with Crippen LogP contribution in [0.5, 0.6) is 0 Å². The Kier molecular flexibility index (Phi) is 3.76. The van der Waals surface area contributed by atoms with Gasteiger partial charge in [0.25, 0.3) is 0 Å². The van der Waals surface area contributed by atoms with Gasteiger partial charge in [-0.05, 0) is 42.7 Å². The van der Waals surface area contributed by atoms with E-state index in [0.29, 0.717) is 21.4 Å². The molecular formula is C18H13F3N2OS. The lowest BCUT2D eigenvalue weighted by Gasteiger charge is -2.07. The summed E-state index contributed by atoms with van der Waals surface area (Å²) >= 11 is 1.08. The van der Waals surface area contributed by atoms with E-state index in [-0.39, 0.29) is 17.1 Å². The summed E-state index contributed by atoms with van der Waals surface area (Å²) < 4.78 is 42.0. The number of carbonyl (C=O) groups excluding carboxylic acids is 1. The lowest BCUT2D eigenvalue weighted by molar-refractivity contribution is -0.117. The van der Waals surface area contributed by atoms with Crippen LogP contribution in [0.1, 0.15) is 12.0 Å². The highest BCUT2D eigenvalue weighted by molar-refractivity contribution is 7.22. The van der Waals surface area contributed by atoms with E-state index in [4.69, 9.17) is 0 Å². The topological polar surface area (TPSA) is 42.0 Å². The number of anilines is 1. The first-order valence-corrected chi connectivity index (χ1v) is 8.56. The first kappa shape index (κ1) is 16.1. The van der Waals surface area contributed by atoms with Gasteiger partial charge in [-0.1, -0.05) is 23.5 Å². The molecule has 3 nitrogen and oxygen atoms in total. The molecule has 2 atom stereocenters. The zero-order chi connectivity index (χ0) is 17.7. The molecule has 1 amide bonds. The molecule has 0 spiro atoms. The molecular weight excluding hydrogens is 349 g/mol. The van der Waals surface area contributed by atoms with Gasteiger partial charge in [-0.15, -0.1) is 0 Å². The van der Waals surface area contributed by atoms with Crippen LogP contribution in [0.4, 0.5) is 18.3 Å². The van der Waals surface area contributed by atoms with E-state index in [9.17, 15) is 18.0 Å². The number of aromatic nitrogens is 1. The predicted octanol–water partition coefficient (Wildman–Crippen LogP) is 4.85. The molecule has 0 aliphatic heterocycles. The van der Waals surface area contributed by atoms with E-state index in [0.717, 1.165) is 11.3 Å². The van der Waals surface area contributed by atoms with Gasteiger partial charge in [-0.2, -0.15) is 0 Å². The van der Waals surface area contributed by atoms with Crippen LogP contribution >= 0.6 is 11.3 Å². The number of hydrogen-bond donors (Lipinski definition) is 1. The first-order chi connectivity index (χ1) is 11.9. The Morgan fingerprint density at radius 2 is 2.04 bits per heavy atom. The Morgan fingerprint density at radius 3 is 2.72 bits per heavy atom. The highest BCUT2D eigenvalue weighted by Gasteiger charge is 2.43. The van der Waals surface area contributed by atoms with Crippen LogP contribution in [-0.2, 0) is 4.79 Å². The Morgan fingerprint density at radius 1 is 1.28 bits per heavy atom. The number of aryl methyl sites for hydroxylation is 1. The fourth-order valence-corrected chi connectivity index (χ4v) is 3.74. The Hall–Kier alpha value is -2.41. The van der Waals surface area contributed by atoms with Crippen LogP contribution in [0.15, 0.2) is 30.3 Å². The van der Waals surface area contributed by atoms with Gasteiger partial charge >= 0.3 is 0 Å². The first-order valence-electron chi connectivity index (χ1n) is 7.74. The van der Waals surface area contributed by atoms with Crippen molar-refractivity contribution in [2.75, 3.05) is 5.32 Å². The molecule has 128 valence electrons. The molecule has 3 aromatic rings. The highest BCUT2D eigenvalue weighted by atomic mass is 32.1. The largest absolute Gasteiger partial charge is 0.302 e. The summed E-state index contributed by atoms with van der Waals surface area (Å²) in [6, 6.07) is 7.55. The molecule has 4 rings (SSSR count). The molecule has 1 saturated carbocycles. The molecule has 1 aliphatic rings. The van der Waals surface area contributed by atoms with Crippen molar-refractivity contribution in [3.05, 3.63) is 47.5 Å². The van der Waals surface area contributed by atoms with Gasteiger partial charge in [0, 0.05) is 5.56 Å². The zero-order valence-corrected chi connectivity index (χ0v) is 14.0. The van der Waals surface area contributed by atoms with Crippen LogP contribution < -0.4 is 5.32 Å². The molecule has 1 aromatic heterocycles. The van der Waals surface area contributed by atoms with Crippen molar-refractivity contribution < 1.29 is 18.0 Å². The van der Waals surface area contributed by atoms with Crippen LogP contribution in [0.3, 0.4) is 0 Å². The molecule has 2 unspecified atom stereocenters. The van der Waals surface area contributed by atoms with Gasteiger partial charge in [0.15, 0.2) is 10.9 Å². The molecule has 7 heteroatoms. The van der Waals surface area contributed by atoms with Crippen molar-refractivity contribution in [2.45, 2.75) is 19.5 Å². The second-order valence-electron chi connectivity index (χ2n) is 6.10. The normalized spacial score (nSPS) is 19.2. The van der Waals surface area contributed by atoms with E-state index in [1.807, 2.05) is 0 Å². The average Bonchev–Trinajstić information content (AvgIpc) is 3.13. The van der Waals surface area contributed by atoms with Crippen LogP contribution in [-0.4, -0.2) is 17.1 Å². The Balaban J connectivity index is 1.73. The predicted molar refractivity (Wildman–Crippen MR) is 91.3 cm³/mol. The van der Waals surface area contributed by atoms with E-state index < -0.39 is 29.6 Å². The maximum Gasteiger partial charge on any atom is 0.232 e. The number of thiazole rings is 1. The SMILES string of the molecule is Cc1cccc(F)c1-c1cc(F)c2nc(NC(=O)C3CC3F)sc2c1. The summed E-state index contributed by atoms with van der Waals surface area (Å²) in [5.74, 6) is -2.12. The molecule has 0 bridgehead atoms. The number of amides is 1. The van der Waals surface area contributed by atoms with Gasteiger partial charge in [0.2, 0.25) is 5.91 Å². The summed E-state index contributed by atoms with van der Waals surface area (Å²) in [7, 11) is 0. The average molecular weight is 362 g/mol. The molecule has 25 heavy (non-hydrogen) atoms. The van der Waals surface area contributed by atoms with Crippen molar-refractivity contribution in [1.82, 2.24) is 4.98 Å². The standard InChI is InChI=1S/C18H13F3N2OS/c1-8-3-2-4-11(19)15(8)9-5-13(21)16-14(6-9)25-18(22-16)23-17(24)10-7-12(10)20/h2-6,10,12H,7H2,1H3,(H,22,23,24). The van der Waals surface area contributed by atoms with Gasteiger partial charge in [0.05, 0.1) is 10.6 Å². The van der Waals surface area contributed by atoms with Crippen molar-refractivity contribution in [2.24, 2.45) is 5.92 Å². The summed E-state index contributed by atoms with van der Waals surface area (Å²) in [4.78, 5) is 15.9. The van der Waals surface area contributed by atoms with Crippen molar-refractivity contribution in [1.29, 1.82) is 0 Å². The molecule has 0 radical (unpaired) electrons. The molecule has 1 N–H and O–H groups in total. The fourth-order valence-electron chi connectivity index (χ4n) is 2.82. The van der Waals surface area contributed by atoms with Crippen LogP contribution in [0, 0.1) is 24.5 Å². The van der Waals surface area contributed by atoms with E-state index >= 15 is 0 Å². The number of nitrogens with zero attached hydrogens (tertiary/aromatic N) is 1. The van der Waals surface area contributed by atoms with Gasteiger partial charge in [-0.25, -0.2) is 18.2 Å². The summed E-state index contributed by atoms with van der Waals surface area (Å²) in [6.07, 6.45) is -0.899. The molecule has 1 fully saturated rings. The maximum absolute atomic E-state index is 14.4. The lowest BCUT2D eigenvalue weighted by atomic mass is 10.00. The number of halogens is 3. The van der Waals surface area contributed by atoms with Crippen molar-refractivity contribution in [3.8, 4) is 11.1 Å². The van der Waals surface area contributed by atoms with E-state index in [1.165, 1.54) is 12.1 Å². The highest BCUT2D eigenvalue weighted by Crippen LogP contribution is 2.37. The lowest BCUT2D eigenvalue weighted by Crippen LogP contribution is -2.14. The Labute approximate surface area is 145 Å². The quantitative estimate of drug-likeness (QED) is 0.724. The zero-order valence-electron chi connectivity index (χ0n) is 13.1.